The summed E-state index contributed by atoms with van der Waals surface area (Å²) in [5.74, 6) is 1.82. The molecule has 2 N–H and O–H groups in total. The highest BCUT2D eigenvalue weighted by atomic mass is 32.2. The maximum Gasteiger partial charge on any atom is 0.163 e. The summed E-state index contributed by atoms with van der Waals surface area (Å²) in [6, 6.07) is 18.4. The molecule has 0 amide bonds. The van der Waals surface area contributed by atoms with Crippen molar-refractivity contribution < 1.29 is 0 Å². The molecule has 6 rings (SSSR count). The summed E-state index contributed by atoms with van der Waals surface area (Å²) in [7, 11) is 0. The van der Waals surface area contributed by atoms with E-state index in [9.17, 15) is 0 Å². The molecular weight excluding hydrogens is 533 g/mol. The molecule has 2 aliphatic rings. The van der Waals surface area contributed by atoms with Crippen molar-refractivity contribution in [1.82, 2.24) is 19.8 Å². The van der Waals surface area contributed by atoms with Gasteiger partial charge >= 0.3 is 0 Å². The van der Waals surface area contributed by atoms with Crippen LogP contribution in [0.4, 0.5) is 0 Å². The quantitative estimate of drug-likeness (QED) is 0.209. The van der Waals surface area contributed by atoms with Gasteiger partial charge in [0.15, 0.2) is 7.91 Å². The smallest absolute Gasteiger partial charge is 0.163 e. The monoisotopic (exact) mass is 568 g/mol. The highest BCUT2D eigenvalue weighted by Gasteiger charge is 2.27. The summed E-state index contributed by atoms with van der Waals surface area (Å²) >= 11 is 14.7. The first-order valence-corrected chi connectivity index (χ1v) is 16.2. The summed E-state index contributed by atoms with van der Waals surface area (Å²) in [5, 5.41) is 7.63. The molecule has 0 atom stereocenters. The summed E-state index contributed by atoms with van der Waals surface area (Å²) in [6.07, 6.45) is 12.1. The first kappa shape index (κ1) is 25.8. The topological polar surface area (TPSA) is 33.9 Å². The SMILES string of the molecule is S=c1sc2ccccc2n1CNC1CCC(CC2CCC(NCn3c(=S)sc4ccccc43)CC2)CC1. The van der Waals surface area contributed by atoms with Crippen molar-refractivity contribution in [2.24, 2.45) is 11.8 Å². The minimum absolute atomic E-state index is 0.622. The third-order valence-corrected chi connectivity index (χ3v) is 11.4. The molecule has 4 nitrogen and oxygen atoms in total. The average molecular weight is 569 g/mol. The van der Waals surface area contributed by atoms with E-state index in [2.05, 4.69) is 68.3 Å². The third-order valence-electron chi connectivity index (χ3n) is 8.58. The Kier molecular flexibility index (Phi) is 8.21. The van der Waals surface area contributed by atoms with Crippen molar-refractivity contribution in [2.75, 3.05) is 0 Å². The predicted molar refractivity (Wildman–Crippen MR) is 164 cm³/mol. The van der Waals surface area contributed by atoms with Gasteiger partial charge in [0, 0.05) is 12.1 Å². The van der Waals surface area contributed by atoms with Crippen molar-refractivity contribution in [1.29, 1.82) is 0 Å². The Hall–Kier alpha value is -1.42. The van der Waals surface area contributed by atoms with Crippen LogP contribution in [0.25, 0.3) is 20.4 Å². The molecule has 196 valence electrons. The first-order chi connectivity index (χ1) is 18.1. The number of benzene rings is 2. The first-order valence-electron chi connectivity index (χ1n) is 13.8. The Morgan fingerprint density at radius 1 is 0.622 bits per heavy atom. The van der Waals surface area contributed by atoms with Crippen LogP contribution in [0.15, 0.2) is 48.5 Å². The summed E-state index contributed by atoms with van der Waals surface area (Å²) in [4.78, 5) is 0. The number of hydrogen-bond acceptors (Lipinski definition) is 6. The molecule has 37 heavy (non-hydrogen) atoms. The average Bonchev–Trinajstić information content (AvgIpc) is 3.42. The number of thiazole rings is 2. The highest BCUT2D eigenvalue weighted by Crippen LogP contribution is 2.36. The van der Waals surface area contributed by atoms with Gasteiger partial charge in [0.1, 0.15) is 0 Å². The van der Waals surface area contributed by atoms with Gasteiger partial charge in [0.2, 0.25) is 0 Å². The van der Waals surface area contributed by atoms with E-state index in [4.69, 9.17) is 24.4 Å². The fourth-order valence-corrected chi connectivity index (χ4v) is 9.09. The molecular formula is C29H36N4S4. The number of nitrogens with one attached hydrogen (secondary N) is 2. The molecule has 0 bridgehead atoms. The molecule has 2 saturated carbocycles. The van der Waals surface area contributed by atoms with Crippen molar-refractivity contribution >= 4 is 67.5 Å². The van der Waals surface area contributed by atoms with Gasteiger partial charge in [-0.2, -0.15) is 0 Å². The van der Waals surface area contributed by atoms with Crippen LogP contribution in [0.5, 0.6) is 0 Å². The van der Waals surface area contributed by atoms with Crippen LogP contribution in [0.3, 0.4) is 0 Å². The maximum atomic E-state index is 5.63. The Labute approximate surface area is 237 Å². The van der Waals surface area contributed by atoms with E-state index >= 15 is 0 Å². The molecule has 0 spiro atoms. The van der Waals surface area contributed by atoms with Gasteiger partial charge in [-0.25, -0.2) is 0 Å². The molecule has 2 heterocycles. The predicted octanol–water partition coefficient (Wildman–Crippen LogP) is 8.48. The van der Waals surface area contributed by atoms with E-state index < -0.39 is 0 Å². The van der Waals surface area contributed by atoms with Crippen molar-refractivity contribution in [3.8, 4) is 0 Å². The van der Waals surface area contributed by atoms with Crippen LogP contribution in [0.2, 0.25) is 0 Å². The molecule has 2 fully saturated rings. The van der Waals surface area contributed by atoms with Crippen LogP contribution < -0.4 is 10.6 Å². The van der Waals surface area contributed by atoms with Crippen molar-refractivity contribution in [3.63, 3.8) is 0 Å². The number of aromatic nitrogens is 2. The van der Waals surface area contributed by atoms with E-state index in [1.54, 1.807) is 22.7 Å². The molecule has 2 aromatic heterocycles. The number of hydrogen-bond donors (Lipinski definition) is 2. The molecule has 8 heteroatoms. The van der Waals surface area contributed by atoms with Gasteiger partial charge in [-0.15, -0.1) is 22.7 Å². The molecule has 0 radical (unpaired) electrons. The number of fused-ring (bicyclic) bond motifs is 2. The summed E-state index contributed by atoms with van der Waals surface area (Å²) in [6.45, 7) is 1.67. The minimum atomic E-state index is 0.622. The fourth-order valence-electron chi connectivity index (χ4n) is 6.44. The Morgan fingerprint density at radius 3 is 1.46 bits per heavy atom. The lowest BCUT2D eigenvalue weighted by molar-refractivity contribution is 0.201. The lowest BCUT2D eigenvalue weighted by Crippen LogP contribution is -2.36. The summed E-state index contributed by atoms with van der Waals surface area (Å²) < 4.78 is 9.04. The van der Waals surface area contributed by atoms with E-state index in [1.165, 1.54) is 78.2 Å². The van der Waals surface area contributed by atoms with Crippen LogP contribution in [0.1, 0.15) is 57.8 Å². The standard InChI is InChI=1S/C29H36N4S4/c34-28-32(24-5-1-3-7-26(24)36-28)18-30-22-13-9-20(10-14-22)17-21-11-15-23(16-12-21)31-19-33-25-6-2-4-8-27(25)37-29(33)35/h1-8,20-23,30-31H,9-19H2. The van der Waals surface area contributed by atoms with E-state index in [0.717, 1.165) is 33.1 Å². The zero-order valence-corrected chi connectivity index (χ0v) is 24.5. The molecule has 2 aromatic carbocycles. The summed E-state index contributed by atoms with van der Waals surface area (Å²) in [5.41, 5.74) is 2.52. The van der Waals surface area contributed by atoms with E-state index in [0.29, 0.717) is 12.1 Å². The van der Waals surface area contributed by atoms with E-state index in [-0.39, 0.29) is 0 Å². The highest BCUT2D eigenvalue weighted by molar-refractivity contribution is 7.74. The Bertz CT molecular complexity index is 1340. The molecule has 4 aromatic rings. The van der Waals surface area contributed by atoms with Gasteiger partial charge in [-0.1, -0.05) is 24.3 Å². The Morgan fingerprint density at radius 2 is 1.03 bits per heavy atom. The van der Waals surface area contributed by atoms with Crippen molar-refractivity contribution in [2.45, 2.75) is 83.2 Å². The molecule has 0 saturated heterocycles. The Balaban J connectivity index is 0.920. The number of rotatable bonds is 8. The van der Waals surface area contributed by atoms with Crippen LogP contribution in [-0.4, -0.2) is 21.2 Å². The van der Waals surface area contributed by atoms with Crippen molar-refractivity contribution in [3.05, 3.63) is 56.4 Å². The lowest BCUT2D eigenvalue weighted by Gasteiger charge is -2.34. The van der Waals surface area contributed by atoms with Gasteiger partial charge < -0.3 is 9.13 Å². The van der Waals surface area contributed by atoms with Gasteiger partial charge in [-0.05, 0) is 118 Å². The molecule has 0 aliphatic heterocycles. The largest absolute Gasteiger partial charge is 0.310 e. The minimum Gasteiger partial charge on any atom is -0.310 e. The maximum absolute atomic E-state index is 5.63. The van der Waals surface area contributed by atoms with Crippen LogP contribution in [0, 0.1) is 19.7 Å². The third kappa shape index (κ3) is 5.94. The molecule has 0 unspecified atom stereocenters. The lowest BCUT2D eigenvalue weighted by atomic mass is 9.76. The second kappa shape index (κ2) is 11.8. The van der Waals surface area contributed by atoms with Gasteiger partial charge in [0.05, 0.1) is 33.8 Å². The van der Waals surface area contributed by atoms with Gasteiger partial charge in [0.25, 0.3) is 0 Å². The van der Waals surface area contributed by atoms with Gasteiger partial charge in [-0.3, -0.25) is 10.6 Å². The zero-order chi connectivity index (χ0) is 25.2. The normalized spacial score (nSPS) is 24.6. The zero-order valence-electron chi connectivity index (χ0n) is 21.2. The second-order valence-electron chi connectivity index (χ2n) is 10.9. The second-order valence-corrected chi connectivity index (χ2v) is 14.3. The fraction of sp³-hybridized carbons (Fsp3) is 0.517. The number of para-hydroxylation sites is 2. The van der Waals surface area contributed by atoms with Crippen LogP contribution >= 0.6 is 47.1 Å². The molecule has 2 aliphatic carbocycles. The number of nitrogens with zero attached hydrogens (tertiary/aromatic N) is 2. The van der Waals surface area contributed by atoms with Crippen LogP contribution in [-0.2, 0) is 13.3 Å². The van der Waals surface area contributed by atoms with E-state index in [1.807, 2.05) is 0 Å².